The number of esters is 2. The van der Waals surface area contributed by atoms with E-state index in [1.54, 1.807) is 11.8 Å². The van der Waals surface area contributed by atoms with Gasteiger partial charge in [0.2, 0.25) is 0 Å². The Kier molecular flexibility index (Phi) is 6.43. The number of hydrogen-bond donors (Lipinski definition) is 0. The molecule has 0 saturated heterocycles. The minimum absolute atomic E-state index is 0.120. The molecule has 5 nitrogen and oxygen atoms in total. The van der Waals surface area contributed by atoms with Crippen LogP contribution in [0.5, 0.6) is 0 Å². The van der Waals surface area contributed by atoms with Crippen LogP contribution < -0.4 is 4.90 Å². The van der Waals surface area contributed by atoms with Crippen LogP contribution in [-0.2, 0) is 19.1 Å². The lowest BCUT2D eigenvalue weighted by Crippen LogP contribution is -2.33. The molecular formula is C14H19NO4. The van der Waals surface area contributed by atoms with Gasteiger partial charge in [-0.25, -0.2) is 0 Å². The van der Waals surface area contributed by atoms with Gasteiger partial charge >= 0.3 is 11.9 Å². The molecule has 0 radical (unpaired) electrons. The van der Waals surface area contributed by atoms with E-state index in [9.17, 15) is 9.59 Å². The molecule has 0 aliphatic carbocycles. The van der Waals surface area contributed by atoms with Crippen molar-refractivity contribution in [2.75, 3.05) is 31.7 Å². The Morgan fingerprint density at radius 2 is 1.84 bits per heavy atom. The van der Waals surface area contributed by atoms with E-state index in [0.717, 1.165) is 5.69 Å². The van der Waals surface area contributed by atoms with Crippen LogP contribution in [-0.4, -0.2) is 38.7 Å². The predicted molar refractivity (Wildman–Crippen MR) is 71.9 cm³/mol. The number of carbonyl (C=O) groups is 2. The first-order valence-corrected chi connectivity index (χ1v) is 6.19. The third-order valence-corrected chi connectivity index (χ3v) is 2.56. The molecule has 0 amide bonds. The van der Waals surface area contributed by atoms with E-state index in [-0.39, 0.29) is 24.9 Å². The summed E-state index contributed by atoms with van der Waals surface area (Å²) in [4.78, 5) is 24.6. The Balaban J connectivity index is 2.68. The van der Waals surface area contributed by atoms with Gasteiger partial charge in [0.15, 0.2) is 0 Å². The molecule has 0 saturated carbocycles. The molecule has 0 aromatic heterocycles. The zero-order chi connectivity index (χ0) is 14.1. The first kappa shape index (κ1) is 15.0. The standard InChI is InChI=1S/C14H19NO4/c1-3-19-14(17)11-15(10-9-13(16)18-2)12-7-5-4-6-8-12/h4-8H,3,9-11H2,1-2H3. The molecule has 0 aliphatic heterocycles. The van der Waals surface area contributed by atoms with Crippen molar-refractivity contribution in [2.24, 2.45) is 0 Å². The van der Waals surface area contributed by atoms with E-state index < -0.39 is 0 Å². The molecule has 104 valence electrons. The lowest BCUT2D eigenvalue weighted by atomic mass is 10.2. The molecule has 0 spiro atoms. The number of carbonyl (C=O) groups excluding carboxylic acids is 2. The summed E-state index contributed by atoms with van der Waals surface area (Å²) in [7, 11) is 1.35. The van der Waals surface area contributed by atoms with Crippen molar-refractivity contribution in [3.8, 4) is 0 Å². The summed E-state index contributed by atoms with van der Waals surface area (Å²) in [6.07, 6.45) is 0.227. The Morgan fingerprint density at radius 3 is 2.42 bits per heavy atom. The zero-order valence-corrected chi connectivity index (χ0v) is 11.3. The van der Waals surface area contributed by atoms with Gasteiger partial charge in [-0.1, -0.05) is 18.2 Å². The van der Waals surface area contributed by atoms with E-state index in [2.05, 4.69) is 4.74 Å². The fourth-order valence-electron chi connectivity index (χ4n) is 1.63. The minimum atomic E-state index is -0.309. The lowest BCUT2D eigenvalue weighted by Gasteiger charge is -2.23. The van der Waals surface area contributed by atoms with Gasteiger partial charge < -0.3 is 14.4 Å². The summed E-state index contributed by atoms with van der Waals surface area (Å²) in [5.74, 6) is -0.610. The van der Waals surface area contributed by atoms with Gasteiger partial charge in [0.05, 0.1) is 20.1 Å². The van der Waals surface area contributed by atoms with Crippen LogP contribution in [0.1, 0.15) is 13.3 Å². The van der Waals surface area contributed by atoms with E-state index in [0.29, 0.717) is 13.2 Å². The van der Waals surface area contributed by atoms with Crippen molar-refractivity contribution in [1.29, 1.82) is 0 Å². The van der Waals surface area contributed by atoms with Crippen molar-refractivity contribution in [1.82, 2.24) is 0 Å². The third-order valence-electron chi connectivity index (χ3n) is 2.56. The van der Waals surface area contributed by atoms with Crippen LogP contribution in [0.2, 0.25) is 0 Å². The van der Waals surface area contributed by atoms with Crippen LogP contribution in [0.15, 0.2) is 30.3 Å². The number of rotatable bonds is 7. The summed E-state index contributed by atoms with van der Waals surface area (Å²) in [5, 5.41) is 0. The topological polar surface area (TPSA) is 55.8 Å². The van der Waals surface area contributed by atoms with Crippen LogP contribution in [0, 0.1) is 0 Å². The SMILES string of the molecule is CCOC(=O)CN(CCC(=O)OC)c1ccccc1. The van der Waals surface area contributed by atoms with Crippen molar-refractivity contribution in [2.45, 2.75) is 13.3 Å². The number of benzene rings is 1. The van der Waals surface area contributed by atoms with Crippen LogP contribution in [0.4, 0.5) is 5.69 Å². The van der Waals surface area contributed by atoms with Gasteiger partial charge in [0.25, 0.3) is 0 Å². The van der Waals surface area contributed by atoms with Gasteiger partial charge in [-0.2, -0.15) is 0 Å². The highest BCUT2D eigenvalue weighted by Crippen LogP contribution is 2.13. The molecule has 5 heteroatoms. The Morgan fingerprint density at radius 1 is 1.16 bits per heavy atom. The monoisotopic (exact) mass is 265 g/mol. The van der Waals surface area contributed by atoms with E-state index in [1.807, 2.05) is 30.3 Å². The Bertz CT molecular complexity index is 405. The van der Waals surface area contributed by atoms with Crippen molar-refractivity contribution in [3.05, 3.63) is 30.3 Å². The van der Waals surface area contributed by atoms with Crippen LogP contribution >= 0.6 is 0 Å². The van der Waals surface area contributed by atoms with Crippen molar-refractivity contribution >= 4 is 17.6 Å². The van der Waals surface area contributed by atoms with Crippen molar-refractivity contribution < 1.29 is 19.1 Å². The molecule has 1 aromatic rings. The molecule has 0 aliphatic rings. The highest BCUT2D eigenvalue weighted by atomic mass is 16.5. The second-order valence-corrected chi connectivity index (χ2v) is 3.89. The highest BCUT2D eigenvalue weighted by Gasteiger charge is 2.13. The first-order valence-electron chi connectivity index (χ1n) is 6.19. The van der Waals surface area contributed by atoms with Crippen LogP contribution in [0.3, 0.4) is 0 Å². The largest absolute Gasteiger partial charge is 0.469 e. The number of hydrogen-bond acceptors (Lipinski definition) is 5. The molecule has 1 aromatic carbocycles. The molecule has 0 unspecified atom stereocenters. The summed E-state index contributed by atoms with van der Waals surface area (Å²) in [5.41, 5.74) is 0.874. The summed E-state index contributed by atoms with van der Waals surface area (Å²) in [6.45, 7) is 2.64. The van der Waals surface area contributed by atoms with Gasteiger partial charge in [0.1, 0.15) is 6.54 Å². The fraction of sp³-hybridized carbons (Fsp3) is 0.429. The summed E-state index contributed by atoms with van der Waals surface area (Å²) in [6, 6.07) is 9.43. The Labute approximate surface area is 113 Å². The molecule has 0 heterocycles. The third kappa shape index (κ3) is 5.42. The predicted octanol–water partition coefficient (Wildman–Crippen LogP) is 1.62. The van der Waals surface area contributed by atoms with Crippen molar-refractivity contribution in [3.63, 3.8) is 0 Å². The fourth-order valence-corrected chi connectivity index (χ4v) is 1.63. The van der Waals surface area contributed by atoms with Crippen LogP contribution in [0.25, 0.3) is 0 Å². The smallest absolute Gasteiger partial charge is 0.325 e. The normalized spacial score (nSPS) is 9.79. The van der Waals surface area contributed by atoms with E-state index in [1.165, 1.54) is 7.11 Å². The number of anilines is 1. The summed E-state index contributed by atoms with van der Waals surface area (Å²) < 4.78 is 9.54. The average Bonchev–Trinajstić information content (AvgIpc) is 2.44. The molecule has 0 N–H and O–H groups in total. The lowest BCUT2D eigenvalue weighted by molar-refractivity contribution is -0.142. The van der Waals surface area contributed by atoms with E-state index in [4.69, 9.17) is 4.74 Å². The van der Waals surface area contributed by atoms with Gasteiger partial charge in [-0.05, 0) is 19.1 Å². The average molecular weight is 265 g/mol. The second kappa shape index (κ2) is 8.13. The quantitative estimate of drug-likeness (QED) is 0.701. The molecule has 0 atom stereocenters. The Hall–Kier alpha value is -2.04. The van der Waals surface area contributed by atoms with Gasteiger partial charge in [-0.15, -0.1) is 0 Å². The zero-order valence-electron chi connectivity index (χ0n) is 11.3. The van der Waals surface area contributed by atoms with Gasteiger partial charge in [-0.3, -0.25) is 9.59 Å². The maximum Gasteiger partial charge on any atom is 0.325 e. The maximum absolute atomic E-state index is 11.6. The molecule has 1 rings (SSSR count). The van der Waals surface area contributed by atoms with Gasteiger partial charge in [0, 0.05) is 12.2 Å². The molecule has 0 bridgehead atoms. The number of nitrogens with zero attached hydrogens (tertiary/aromatic N) is 1. The first-order chi connectivity index (χ1) is 9.17. The molecular weight excluding hydrogens is 246 g/mol. The number of methoxy groups -OCH3 is 1. The minimum Gasteiger partial charge on any atom is -0.469 e. The maximum atomic E-state index is 11.6. The molecule has 0 fully saturated rings. The second-order valence-electron chi connectivity index (χ2n) is 3.89. The summed E-state index contributed by atoms with van der Waals surface area (Å²) >= 11 is 0. The number of para-hydroxylation sites is 1. The molecule has 19 heavy (non-hydrogen) atoms. The number of ether oxygens (including phenoxy) is 2. The highest BCUT2D eigenvalue weighted by molar-refractivity contribution is 5.76. The van der Waals surface area contributed by atoms with E-state index >= 15 is 0 Å².